The highest BCUT2D eigenvalue weighted by molar-refractivity contribution is 9.09. The van der Waals surface area contributed by atoms with E-state index >= 15 is 0 Å². The summed E-state index contributed by atoms with van der Waals surface area (Å²) < 4.78 is 1.13. The fourth-order valence-corrected chi connectivity index (χ4v) is 6.41. The van der Waals surface area contributed by atoms with Crippen molar-refractivity contribution in [2.45, 2.75) is 102 Å². The molecule has 2 aliphatic rings. The Hall–Kier alpha value is -0.0900. The van der Waals surface area contributed by atoms with Crippen molar-refractivity contribution in [1.29, 1.82) is 0 Å². The minimum absolute atomic E-state index is 0.233. The number of alkyl halides is 1. The van der Waals surface area contributed by atoms with Crippen LogP contribution in [0.5, 0.6) is 0 Å². The van der Waals surface area contributed by atoms with Crippen LogP contribution in [0.2, 0.25) is 0 Å². The van der Waals surface area contributed by atoms with Gasteiger partial charge in [-0.1, -0.05) is 15.9 Å². The van der Waals surface area contributed by atoms with E-state index in [2.05, 4.69) is 50.5 Å². The third-order valence-electron chi connectivity index (χ3n) is 6.93. The second-order valence-corrected chi connectivity index (χ2v) is 10.7. The smallest absolute Gasteiger partial charge is 0.0942 e. The number of carbonyl (C=O) groups is 1. The molecular formula is C19H34BrNO2. The molecule has 0 aromatic rings. The number of nitrogens with zero attached hydrogens (tertiary/aromatic N) is 1. The second kappa shape index (κ2) is 6.67. The van der Waals surface area contributed by atoms with Crippen molar-refractivity contribution >= 4 is 21.9 Å². The average molecular weight is 388 g/mol. The number of hydrogen-bond donors (Lipinski definition) is 0. The van der Waals surface area contributed by atoms with Crippen molar-refractivity contribution in [3.05, 3.63) is 0 Å². The second-order valence-electron chi connectivity index (χ2n) is 9.14. The Kier molecular flexibility index (Phi) is 5.58. The van der Waals surface area contributed by atoms with E-state index in [-0.39, 0.29) is 17.0 Å². The van der Waals surface area contributed by atoms with E-state index in [0.717, 1.165) is 36.7 Å². The molecule has 1 unspecified atom stereocenters. The summed E-state index contributed by atoms with van der Waals surface area (Å²) in [5.41, 5.74) is 0.478. The zero-order valence-electron chi connectivity index (χ0n) is 15.5. The van der Waals surface area contributed by atoms with E-state index < -0.39 is 5.97 Å². The number of hydrogen-bond acceptors (Lipinski definition) is 2. The van der Waals surface area contributed by atoms with Crippen molar-refractivity contribution in [3.8, 4) is 0 Å². The van der Waals surface area contributed by atoms with Gasteiger partial charge in [0.25, 0.3) is 0 Å². The van der Waals surface area contributed by atoms with E-state index in [1.54, 1.807) is 0 Å². The highest BCUT2D eigenvalue weighted by atomic mass is 79.9. The van der Waals surface area contributed by atoms with Crippen LogP contribution in [-0.4, -0.2) is 38.9 Å². The Balaban J connectivity index is 2.37. The molecule has 1 heterocycles. The number of likely N-dealkylation sites (tertiary alicyclic amines) is 1. The van der Waals surface area contributed by atoms with Gasteiger partial charge in [-0.3, -0.25) is 0 Å². The summed E-state index contributed by atoms with van der Waals surface area (Å²) in [7, 11) is 0. The van der Waals surface area contributed by atoms with Crippen LogP contribution in [0.3, 0.4) is 0 Å². The first kappa shape index (κ1) is 19.2. The quantitative estimate of drug-likeness (QED) is 0.545. The Bertz CT molecular complexity index is 421. The molecule has 0 amide bonds. The lowest BCUT2D eigenvalue weighted by Gasteiger charge is -2.66. The molecule has 0 aromatic carbocycles. The third-order valence-corrected chi connectivity index (χ3v) is 7.22. The number of halogens is 1. The molecule has 1 aliphatic carbocycles. The van der Waals surface area contributed by atoms with Crippen molar-refractivity contribution < 1.29 is 14.4 Å². The number of piperidine rings is 1. The Morgan fingerprint density at radius 2 is 1.61 bits per heavy atom. The molecule has 1 aliphatic heterocycles. The molecule has 2 rings (SSSR count). The number of quaternary nitrogens is 1. The zero-order chi connectivity index (χ0) is 17.5. The molecule has 1 saturated heterocycles. The monoisotopic (exact) mass is 387 g/mol. The summed E-state index contributed by atoms with van der Waals surface area (Å²) in [4.78, 5) is 11.7. The Labute approximate surface area is 150 Å². The van der Waals surface area contributed by atoms with E-state index in [0.29, 0.717) is 10.9 Å². The number of aliphatic carboxylic acids is 1. The molecule has 1 atom stereocenters. The summed E-state index contributed by atoms with van der Waals surface area (Å²) in [6.45, 7) is 13.1. The Morgan fingerprint density at radius 1 is 1.13 bits per heavy atom. The van der Waals surface area contributed by atoms with Gasteiger partial charge in [-0.15, -0.1) is 0 Å². The van der Waals surface area contributed by atoms with Crippen molar-refractivity contribution in [2.75, 3.05) is 6.54 Å². The van der Waals surface area contributed by atoms with Gasteiger partial charge in [-0.2, -0.15) is 0 Å². The molecule has 0 spiro atoms. The molecular weight excluding hydrogens is 354 g/mol. The molecule has 0 bridgehead atoms. The lowest BCUT2D eigenvalue weighted by molar-refractivity contribution is -1.04. The normalized spacial score (nSPS) is 33.8. The van der Waals surface area contributed by atoms with Crippen LogP contribution in [0.15, 0.2) is 0 Å². The maximum Gasteiger partial charge on any atom is 0.0942 e. The van der Waals surface area contributed by atoms with Crippen LogP contribution in [0.4, 0.5) is 0 Å². The van der Waals surface area contributed by atoms with Gasteiger partial charge in [0.15, 0.2) is 0 Å². The third kappa shape index (κ3) is 3.35. The summed E-state index contributed by atoms with van der Waals surface area (Å²) in [5.74, 6) is -1.08. The van der Waals surface area contributed by atoms with Crippen LogP contribution in [0.25, 0.3) is 0 Å². The van der Waals surface area contributed by atoms with Crippen molar-refractivity contribution in [1.82, 2.24) is 0 Å². The summed E-state index contributed by atoms with van der Waals surface area (Å²) in [6, 6.07) is 0.566. The molecule has 0 radical (unpaired) electrons. The van der Waals surface area contributed by atoms with Crippen LogP contribution in [0, 0.1) is 5.92 Å². The van der Waals surface area contributed by atoms with Gasteiger partial charge < -0.3 is 14.4 Å². The van der Waals surface area contributed by atoms with Gasteiger partial charge in [-0.05, 0) is 59.8 Å². The SMILES string of the molecule is CC(Br)C[N+]1(C2CCC(C(=O)[O-])CC2)C(C)(C)CCCC1(C)C. The van der Waals surface area contributed by atoms with E-state index in [1.807, 2.05) is 0 Å². The average Bonchev–Trinajstić information content (AvgIpc) is 2.42. The number of carboxylic acid groups (broad SMARTS) is 1. The fourth-order valence-electron chi connectivity index (χ4n) is 5.95. The maximum absolute atomic E-state index is 11.2. The van der Waals surface area contributed by atoms with Gasteiger partial charge in [-0.25, -0.2) is 0 Å². The van der Waals surface area contributed by atoms with Crippen molar-refractivity contribution in [3.63, 3.8) is 0 Å². The highest BCUT2D eigenvalue weighted by Crippen LogP contribution is 2.51. The lowest BCUT2D eigenvalue weighted by atomic mass is 9.71. The first-order valence-electron chi connectivity index (χ1n) is 9.26. The molecule has 0 N–H and O–H groups in total. The van der Waals surface area contributed by atoms with E-state index in [4.69, 9.17) is 0 Å². The first-order chi connectivity index (χ1) is 10.5. The molecule has 1 saturated carbocycles. The van der Waals surface area contributed by atoms with E-state index in [1.165, 1.54) is 19.3 Å². The van der Waals surface area contributed by atoms with Gasteiger partial charge in [0.1, 0.15) is 0 Å². The summed E-state index contributed by atoms with van der Waals surface area (Å²) >= 11 is 3.83. The van der Waals surface area contributed by atoms with Gasteiger partial charge >= 0.3 is 0 Å². The zero-order valence-corrected chi connectivity index (χ0v) is 17.1. The van der Waals surface area contributed by atoms with Gasteiger partial charge in [0.05, 0.1) is 28.5 Å². The van der Waals surface area contributed by atoms with Gasteiger partial charge in [0, 0.05) is 31.7 Å². The number of carbonyl (C=O) groups excluding carboxylic acids is 1. The van der Waals surface area contributed by atoms with Crippen LogP contribution in [-0.2, 0) is 4.79 Å². The molecule has 0 aromatic heterocycles. The van der Waals surface area contributed by atoms with Gasteiger partial charge in [0.2, 0.25) is 0 Å². The van der Waals surface area contributed by atoms with Crippen LogP contribution >= 0.6 is 15.9 Å². The van der Waals surface area contributed by atoms with E-state index in [9.17, 15) is 9.90 Å². The van der Waals surface area contributed by atoms with Crippen molar-refractivity contribution in [2.24, 2.45) is 5.92 Å². The molecule has 134 valence electrons. The molecule has 4 heteroatoms. The number of rotatable bonds is 4. The fraction of sp³-hybridized carbons (Fsp3) is 0.947. The standard InChI is InChI=1S/C19H34BrNO2/c1-14(20)13-21(16-9-7-15(8-10-16)17(22)23)18(2,3)11-6-12-19(21,4)5/h14-16H,6-13H2,1-5H3. The number of carboxylic acids is 1. The molecule has 3 nitrogen and oxygen atoms in total. The summed E-state index contributed by atoms with van der Waals surface area (Å²) in [5, 5.41) is 11.2. The maximum atomic E-state index is 11.2. The molecule has 2 fully saturated rings. The minimum atomic E-state index is -0.846. The minimum Gasteiger partial charge on any atom is -0.550 e. The summed E-state index contributed by atoms with van der Waals surface area (Å²) in [6.07, 6.45) is 7.43. The Morgan fingerprint density at radius 3 is 2.00 bits per heavy atom. The predicted molar refractivity (Wildman–Crippen MR) is 96.3 cm³/mol. The highest BCUT2D eigenvalue weighted by Gasteiger charge is 2.60. The molecule has 23 heavy (non-hydrogen) atoms. The topological polar surface area (TPSA) is 40.1 Å². The predicted octanol–water partition coefficient (Wildman–Crippen LogP) is 3.64. The lowest BCUT2D eigenvalue weighted by Crippen LogP contribution is -2.78. The van der Waals surface area contributed by atoms with Crippen LogP contribution < -0.4 is 5.11 Å². The largest absolute Gasteiger partial charge is 0.550 e. The first-order valence-corrected chi connectivity index (χ1v) is 10.2. The van der Waals surface area contributed by atoms with Crippen LogP contribution in [0.1, 0.15) is 79.6 Å².